The quantitative estimate of drug-likeness (QED) is 0.834. The van der Waals surface area contributed by atoms with Gasteiger partial charge in [-0.3, -0.25) is 4.98 Å². The van der Waals surface area contributed by atoms with Gasteiger partial charge in [0, 0.05) is 19.0 Å². The number of hydrogen-bond donors (Lipinski definition) is 0. The summed E-state index contributed by atoms with van der Waals surface area (Å²) in [4.78, 5) is 19.0. The Hall–Kier alpha value is -1.75. The van der Waals surface area contributed by atoms with Crippen LogP contribution in [0.2, 0.25) is 5.02 Å². The molecule has 17 heavy (non-hydrogen) atoms. The lowest BCUT2D eigenvalue weighted by Gasteiger charge is -1.94. The first-order chi connectivity index (χ1) is 8.16. The number of aryl methyl sites for hydroxylation is 1. The van der Waals surface area contributed by atoms with E-state index in [4.69, 9.17) is 16.1 Å². The number of pyridine rings is 1. The molecule has 2 aromatic heterocycles. The molecule has 0 fully saturated rings. The van der Waals surface area contributed by atoms with E-state index in [9.17, 15) is 4.79 Å². The van der Waals surface area contributed by atoms with Gasteiger partial charge in [-0.05, 0) is 19.1 Å². The van der Waals surface area contributed by atoms with Crippen LogP contribution in [-0.4, -0.2) is 20.9 Å². The average Bonchev–Trinajstić information content (AvgIpc) is 2.75. The topological polar surface area (TPSA) is 68.9 Å². The summed E-state index contributed by atoms with van der Waals surface area (Å²) in [6, 6.07) is 3.43. The molecule has 0 radical (unpaired) electrons. The number of ketones is 1. The number of aromatic nitrogens is 3. The van der Waals surface area contributed by atoms with Gasteiger partial charge in [-0.2, -0.15) is 4.98 Å². The zero-order chi connectivity index (χ0) is 12.3. The molecule has 0 aliphatic rings. The van der Waals surface area contributed by atoms with Crippen molar-refractivity contribution >= 4 is 17.4 Å². The Morgan fingerprint density at radius 2 is 2.35 bits per heavy atom. The van der Waals surface area contributed by atoms with Gasteiger partial charge in [-0.15, -0.1) is 0 Å². The largest absolute Gasteiger partial charge is 0.339 e. The maximum absolute atomic E-state index is 10.8. The summed E-state index contributed by atoms with van der Waals surface area (Å²) < 4.78 is 5.01. The molecule has 88 valence electrons. The maximum atomic E-state index is 10.8. The normalized spacial score (nSPS) is 10.5. The van der Waals surface area contributed by atoms with Crippen LogP contribution in [0.5, 0.6) is 0 Å². The van der Waals surface area contributed by atoms with E-state index in [1.807, 2.05) is 0 Å². The Kier molecular flexibility index (Phi) is 3.49. The first-order valence-corrected chi connectivity index (χ1v) is 5.47. The molecular weight excluding hydrogens is 242 g/mol. The fourth-order valence-corrected chi connectivity index (χ4v) is 1.49. The van der Waals surface area contributed by atoms with Gasteiger partial charge >= 0.3 is 0 Å². The van der Waals surface area contributed by atoms with Gasteiger partial charge in [-0.25, -0.2) is 0 Å². The van der Waals surface area contributed by atoms with Crippen LogP contribution in [0.25, 0.3) is 11.5 Å². The minimum atomic E-state index is 0.0839. The summed E-state index contributed by atoms with van der Waals surface area (Å²) in [5.74, 6) is 0.840. The summed E-state index contributed by atoms with van der Waals surface area (Å²) >= 11 is 5.96. The van der Waals surface area contributed by atoms with Gasteiger partial charge < -0.3 is 9.32 Å². The van der Waals surface area contributed by atoms with Gasteiger partial charge in [0.15, 0.2) is 0 Å². The predicted octanol–water partition coefficient (Wildman–Crippen LogP) is 2.31. The molecule has 0 amide bonds. The third kappa shape index (κ3) is 2.88. The molecule has 6 heteroatoms. The third-order valence-corrected chi connectivity index (χ3v) is 2.43. The van der Waals surface area contributed by atoms with Gasteiger partial charge in [0.2, 0.25) is 11.7 Å². The number of halogens is 1. The molecule has 0 atom stereocenters. The van der Waals surface area contributed by atoms with Crippen molar-refractivity contribution in [2.24, 2.45) is 0 Å². The second-order valence-corrected chi connectivity index (χ2v) is 3.95. The number of Topliss-reactive ketones (excluding diaryl/α,β-unsaturated/α-hetero) is 1. The average molecular weight is 252 g/mol. The molecule has 0 aliphatic heterocycles. The van der Waals surface area contributed by atoms with Crippen LogP contribution in [0.3, 0.4) is 0 Å². The summed E-state index contributed by atoms with van der Waals surface area (Å²) in [5.41, 5.74) is 0.479. The molecule has 0 aromatic carbocycles. The van der Waals surface area contributed by atoms with Gasteiger partial charge in [0.05, 0.1) is 5.02 Å². The summed E-state index contributed by atoms with van der Waals surface area (Å²) in [6.45, 7) is 1.52. The van der Waals surface area contributed by atoms with Crippen LogP contribution >= 0.6 is 11.6 Å². The molecule has 5 nitrogen and oxygen atoms in total. The van der Waals surface area contributed by atoms with E-state index in [0.717, 1.165) is 0 Å². The van der Waals surface area contributed by atoms with E-state index in [2.05, 4.69) is 15.1 Å². The molecule has 2 aromatic rings. The second-order valence-electron chi connectivity index (χ2n) is 3.55. The first-order valence-electron chi connectivity index (χ1n) is 5.09. The van der Waals surface area contributed by atoms with E-state index < -0.39 is 0 Å². The van der Waals surface area contributed by atoms with Crippen molar-refractivity contribution in [2.75, 3.05) is 0 Å². The molecule has 0 bridgehead atoms. The van der Waals surface area contributed by atoms with Crippen LogP contribution in [0.1, 0.15) is 19.2 Å². The van der Waals surface area contributed by atoms with Crippen molar-refractivity contribution in [2.45, 2.75) is 19.8 Å². The van der Waals surface area contributed by atoms with Crippen molar-refractivity contribution in [1.29, 1.82) is 0 Å². The number of hydrogen-bond acceptors (Lipinski definition) is 5. The van der Waals surface area contributed by atoms with Gasteiger partial charge in [0.1, 0.15) is 11.5 Å². The Balaban J connectivity index is 2.18. The Bertz CT molecular complexity index is 539. The summed E-state index contributed by atoms with van der Waals surface area (Å²) in [7, 11) is 0. The van der Waals surface area contributed by atoms with Crippen molar-refractivity contribution < 1.29 is 9.32 Å². The summed E-state index contributed by atoms with van der Waals surface area (Å²) in [5, 5.41) is 4.25. The molecule has 0 aliphatic carbocycles. The van der Waals surface area contributed by atoms with Crippen LogP contribution in [0.15, 0.2) is 22.9 Å². The van der Waals surface area contributed by atoms with Gasteiger partial charge in [0.25, 0.3) is 0 Å². The third-order valence-electron chi connectivity index (χ3n) is 2.13. The van der Waals surface area contributed by atoms with E-state index in [0.29, 0.717) is 35.3 Å². The Morgan fingerprint density at radius 1 is 1.53 bits per heavy atom. The smallest absolute Gasteiger partial charge is 0.227 e. The molecule has 0 saturated carbocycles. The highest BCUT2D eigenvalue weighted by atomic mass is 35.5. The molecule has 0 spiro atoms. The van der Waals surface area contributed by atoms with Crippen molar-refractivity contribution in [3.63, 3.8) is 0 Å². The minimum absolute atomic E-state index is 0.0839. The van der Waals surface area contributed by atoms with E-state index in [1.165, 1.54) is 6.92 Å². The summed E-state index contributed by atoms with van der Waals surface area (Å²) in [6.07, 6.45) is 2.43. The predicted molar refractivity (Wildman–Crippen MR) is 61.5 cm³/mol. The minimum Gasteiger partial charge on any atom is -0.339 e. The van der Waals surface area contributed by atoms with Crippen LogP contribution in [-0.2, 0) is 11.2 Å². The van der Waals surface area contributed by atoms with Crippen LogP contribution < -0.4 is 0 Å². The molecule has 0 N–H and O–H groups in total. The monoisotopic (exact) mass is 251 g/mol. The Morgan fingerprint density at radius 3 is 3.06 bits per heavy atom. The van der Waals surface area contributed by atoms with E-state index >= 15 is 0 Å². The molecule has 2 heterocycles. The zero-order valence-electron chi connectivity index (χ0n) is 9.18. The Labute approximate surface area is 103 Å². The highest BCUT2D eigenvalue weighted by Crippen LogP contribution is 2.22. The maximum Gasteiger partial charge on any atom is 0.227 e. The molecule has 2 rings (SSSR count). The van der Waals surface area contributed by atoms with Crippen molar-refractivity contribution in [1.82, 2.24) is 15.1 Å². The van der Waals surface area contributed by atoms with E-state index in [-0.39, 0.29) is 5.78 Å². The van der Waals surface area contributed by atoms with Crippen molar-refractivity contribution in [3.8, 4) is 11.5 Å². The standard InChI is InChI=1S/C11H10ClN3O2/c1-7(16)4-5-9-14-11(15-17-9)10-8(12)3-2-6-13-10/h2-3,6H,4-5H2,1H3. The highest BCUT2D eigenvalue weighted by Gasteiger charge is 2.12. The fraction of sp³-hybridized carbons (Fsp3) is 0.273. The first kappa shape index (κ1) is 11.7. The van der Waals surface area contributed by atoms with Crippen LogP contribution in [0, 0.1) is 0 Å². The molecule has 0 saturated heterocycles. The second kappa shape index (κ2) is 5.05. The number of carbonyl (C=O) groups is 1. The van der Waals surface area contributed by atoms with Crippen LogP contribution in [0.4, 0.5) is 0 Å². The highest BCUT2D eigenvalue weighted by molar-refractivity contribution is 6.32. The number of nitrogens with zero attached hydrogens (tertiary/aromatic N) is 3. The zero-order valence-corrected chi connectivity index (χ0v) is 9.94. The molecule has 0 unspecified atom stereocenters. The van der Waals surface area contributed by atoms with E-state index in [1.54, 1.807) is 18.3 Å². The lowest BCUT2D eigenvalue weighted by Crippen LogP contribution is -1.94. The van der Waals surface area contributed by atoms with Crippen molar-refractivity contribution in [3.05, 3.63) is 29.2 Å². The molecular formula is C11H10ClN3O2. The number of carbonyl (C=O) groups excluding carboxylic acids is 1. The lowest BCUT2D eigenvalue weighted by molar-refractivity contribution is -0.117. The SMILES string of the molecule is CC(=O)CCc1nc(-c2ncccc2Cl)no1. The fourth-order valence-electron chi connectivity index (χ4n) is 1.29. The number of rotatable bonds is 4. The van der Waals surface area contributed by atoms with Gasteiger partial charge in [-0.1, -0.05) is 16.8 Å². The lowest BCUT2D eigenvalue weighted by atomic mass is 10.2.